The van der Waals surface area contributed by atoms with E-state index in [2.05, 4.69) is 19.2 Å². The summed E-state index contributed by atoms with van der Waals surface area (Å²) in [5, 5.41) is 11.5. The molecule has 0 spiro atoms. The zero-order chi connectivity index (χ0) is 14.6. The molecule has 0 aromatic heterocycles. The molecular formula is C16H20N2O2. The smallest absolute Gasteiger partial charge is 0.228 e. The van der Waals surface area contributed by atoms with Crippen molar-refractivity contribution in [2.24, 2.45) is 11.3 Å². The molecule has 1 fully saturated rings. The summed E-state index contributed by atoms with van der Waals surface area (Å²) in [5.41, 5.74) is 0.784. The van der Waals surface area contributed by atoms with Gasteiger partial charge in [0, 0.05) is 17.7 Å². The van der Waals surface area contributed by atoms with E-state index in [0.29, 0.717) is 11.4 Å². The monoisotopic (exact) mass is 272 g/mol. The van der Waals surface area contributed by atoms with Crippen LogP contribution in [0.25, 0.3) is 0 Å². The van der Waals surface area contributed by atoms with Crippen LogP contribution in [0.15, 0.2) is 24.3 Å². The van der Waals surface area contributed by atoms with Crippen LogP contribution in [0.1, 0.15) is 33.1 Å². The number of carbonyl (C=O) groups excluding carboxylic acids is 1. The van der Waals surface area contributed by atoms with E-state index in [4.69, 9.17) is 10.00 Å². The number of anilines is 1. The lowest BCUT2D eigenvalue weighted by atomic mass is 9.81. The topological polar surface area (TPSA) is 62.1 Å². The Balaban J connectivity index is 2.03. The molecule has 20 heavy (non-hydrogen) atoms. The summed E-state index contributed by atoms with van der Waals surface area (Å²) in [5.74, 6) is 0.728. The maximum Gasteiger partial charge on any atom is 0.228 e. The van der Waals surface area contributed by atoms with Crippen LogP contribution in [0.2, 0.25) is 0 Å². The van der Waals surface area contributed by atoms with Gasteiger partial charge in [0.2, 0.25) is 5.91 Å². The van der Waals surface area contributed by atoms with Gasteiger partial charge in [-0.05, 0) is 30.4 Å². The predicted molar refractivity (Wildman–Crippen MR) is 77.3 cm³/mol. The predicted octanol–water partition coefficient (Wildman–Crippen LogP) is 3.35. The van der Waals surface area contributed by atoms with E-state index in [0.717, 1.165) is 19.3 Å². The highest BCUT2D eigenvalue weighted by Gasteiger charge is 2.39. The lowest BCUT2D eigenvalue weighted by Gasteiger charge is -2.25. The lowest BCUT2D eigenvalue weighted by Crippen LogP contribution is -2.30. The van der Waals surface area contributed by atoms with Crippen LogP contribution in [-0.2, 0) is 4.79 Å². The molecule has 1 unspecified atom stereocenters. The van der Waals surface area contributed by atoms with Crippen LogP contribution in [0.5, 0.6) is 5.75 Å². The van der Waals surface area contributed by atoms with Gasteiger partial charge in [0.15, 0.2) is 6.61 Å². The summed E-state index contributed by atoms with van der Waals surface area (Å²) in [7, 11) is 0. The minimum absolute atomic E-state index is 0.00700. The molecule has 0 aliphatic heterocycles. The number of nitrogens with zero attached hydrogens (tertiary/aromatic N) is 1. The van der Waals surface area contributed by atoms with Gasteiger partial charge >= 0.3 is 0 Å². The van der Waals surface area contributed by atoms with Crippen molar-refractivity contribution in [1.29, 1.82) is 5.26 Å². The zero-order valence-electron chi connectivity index (χ0n) is 12.0. The average molecular weight is 272 g/mol. The summed E-state index contributed by atoms with van der Waals surface area (Å²) < 4.78 is 5.23. The molecule has 2 rings (SSSR count). The third-order valence-corrected chi connectivity index (χ3v) is 3.98. The van der Waals surface area contributed by atoms with Crippen LogP contribution in [-0.4, -0.2) is 12.5 Å². The molecule has 4 nitrogen and oxygen atoms in total. The van der Waals surface area contributed by atoms with Crippen LogP contribution in [0, 0.1) is 22.7 Å². The Hall–Kier alpha value is -2.02. The fraction of sp³-hybridized carbons (Fsp3) is 0.500. The Morgan fingerprint density at radius 1 is 1.55 bits per heavy atom. The number of benzene rings is 1. The molecule has 1 amide bonds. The van der Waals surface area contributed by atoms with E-state index in [1.807, 2.05) is 18.2 Å². The highest BCUT2D eigenvalue weighted by atomic mass is 16.5. The van der Waals surface area contributed by atoms with Gasteiger partial charge in [0.05, 0.1) is 0 Å². The van der Waals surface area contributed by atoms with E-state index >= 15 is 0 Å². The number of rotatable bonds is 4. The van der Waals surface area contributed by atoms with Gasteiger partial charge in [0.25, 0.3) is 0 Å². The Kier molecular flexibility index (Phi) is 4.29. The molecule has 1 aliphatic carbocycles. The van der Waals surface area contributed by atoms with Gasteiger partial charge in [-0.3, -0.25) is 4.79 Å². The van der Waals surface area contributed by atoms with Gasteiger partial charge in [0.1, 0.15) is 11.8 Å². The van der Waals surface area contributed by atoms with Crippen LogP contribution >= 0.6 is 0 Å². The number of carbonyl (C=O) groups is 1. The Labute approximate surface area is 119 Å². The second-order valence-corrected chi connectivity index (χ2v) is 5.90. The third-order valence-electron chi connectivity index (χ3n) is 3.98. The largest absolute Gasteiger partial charge is 0.479 e. The molecule has 1 atom stereocenters. The van der Waals surface area contributed by atoms with Crippen molar-refractivity contribution in [2.75, 3.05) is 11.9 Å². The van der Waals surface area contributed by atoms with Crippen LogP contribution in [0.3, 0.4) is 0 Å². The number of hydrogen-bond donors (Lipinski definition) is 1. The van der Waals surface area contributed by atoms with E-state index in [1.165, 1.54) is 0 Å². The van der Waals surface area contributed by atoms with Gasteiger partial charge in [-0.2, -0.15) is 5.26 Å². The van der Waals surface area contributed by atoms with Crippen molar-refractivity contribution >= 4 is 11.6 Å². The summed E-state index contributed by atoms with van der Waals surface area (Å²) in [6, 6.07) is 9.08. The van der Waals surface area contributed by atoms with Gasteiger partial charge < -0.3 is 10.1 Å². The Morgan fingerprint density at radius 2 is 2.35 bits per heavy atom. The van der Waals surface area contributed by atoms with Crippen molar-refractivity contribution in [3.8, 4) is 11.8 Å². The lowest BCUT2D eigenvalue weighted by molar-refractivity contribution is -0.122. The number of nitriles is 1. The third kappa shape index (κ3) is 3.30. The first-order valence-corrected chi connectivity index (χ1v) is 6.93. The normalized spacial score (nSPS) is 20.1. The highest BCUT2D eigenvalue weighted by molar-refractivity contribution is 5.93. The molecule has 4 heteroatoms. The zero-order valence-corrected chi connectivity index (χ0v) is 12.0. The summed E-state index contributed by atoms with van der Waals surface area (Å²) >= 11 is 0. The molecule has 1 aromatic carbocycles. The number of nitrogens with one attached hydrogen (secondary N) is 1. The van der Waals surface area contributed by atoms with Crippen molar-refractivity contribution in [1.82, 2.24) is 0 Å². The Morgan fingerprint density at radius 3 is 3.00 bits per heavy atom. The SMILES string of the molecule is CC1(C)CCCC1C(=O)Nc1cccc(OCC#N)c1. The number of hydrogen-bond acceptors (Lipinski definition) is 3. The molecule has 1 N–H and O–H groups in total. The standard InChI is InChI=1S/C16H20N2O2/c1-16(2)8-4-7-14(16)15(19)18-12-5-3-6-13(11-12)20-10-9-17/h3,5-6,11,14H,4,7-8,10H2,1-2H3,(H,18,19). The van der Waals surface area contributed by atoms with Crippen molar-refractivity contribution in [3.63, 3.8) is 0 Å². The first-order chi connectivity index (χ1) is 9.53. The molecule has 0 radical (unpaired) electrons. The van der Waals surface area contributed by atoms with Crippen LogP contribution < -0.4 is 10.1 Å². The molecule has 1 aromatic rings. The quantitative estimate of drug-likeness (QED) is 0.914. The van der Waals surface area contributed by atoms with Gasteiger partial charge in [-0.15, -0.1) is 0 Å². The maximum atomic E-state index is 12.4. The van der Waals surface area contributed by atoms with Crippen molar-refractivity contribution in [2.45, 2.75) is 33.1 Å². The van der Waals surface area contributed by atoms with Crippen molar-refractivity contribution in [3.05, 3.63) is 24.3 Å². The van der Waals surface area contributed by atoms with E-state index in [9.17, 15) is 4.79 Å². The summed E-state index contributed by atoms with van der Waals surface area (Å²) in [6.45, 7) is 4.31. The van der Waals surface area contributed by atoms with E-state index in [-0.39, 0.29) is 23.8 Å². The second kappa shape index (κ2) is 5.96. The van der Waals surface area contributed by atoms with E-state index in [1.54, 1.807) is 12.1 Å². The number of amides is 1. The first kappa shape index (κ1) is 14.4. The molecule has 1 aliphatic rings. The maximum absolute atomic E-state index is 12.4. The molecule has 106 valence electrons. The van der Waals surface area contributed by atoms with Gasteiger partial charge in [-0.25, -0.2) is 0 Å². The fourth-order valence-corrected chi connectivity index (χ4v) is 2.82. The minimum Gasteiger partial charge on any atom is -0.479 e. The Bertz CT molecular complexity index is 532. The summed E-state index contributed by atoms with van der Waals surface area (Å²) in [6.07, 6.45) is 3.15. The number of ether oxygens (including phenoxy) is 1. The fourth-order valence-electron chi connectivity index (χ4n) is 2.82. The van der Waals surface area contributed by atoms with Gasteiger partial charge in [-0.1, -0.05) is 26.3 Å². The van der Waals surface area contributed by atoms with Crippen LogP contribution in [0.4, 0.5) is 5.69 Å². The molecule has 0 bridgehead atoms. The van der Waals surface area contributed by atoms with Crippen molar-refractivity contribution < 1.29 is 9.53 Å². The van der Waals surface area contributed by atoms with E-state index < -0.39 is 0 Å². The molecule has 0 saturated heterocycles. The first-order valence-electron chi connectivity index (χ1n) is 6.93. The second-order valence-electron chi connectivity index (χ2n) is 5.90. The summed E-state index contributed by atoms with van der Waals surface area (Å²) in [4.78, 5) is 12.4. The average Bonchev–Trinajstić information content (AvgIpc) is 2.76. The molecule has 0 heterocycles. The molecular weight excluding hydrogens is 252 g/mol. The highest BCUT2D eigenvalue weighted by Crippen LogP contribution is 2.43. The minimum atomic E-state index is 0.00700. The molecule has 1 saturated carbocycles.